The molecule has 4 rings (SSSR count). The molecule has 0 fully saturated rings. The number of hydrogen-bond donors (Lipinski definition) is 1. The minimum absolute atomic E-state index is 0.365. The van der Waals surface area contributed by atoms with Gasteiger partial charge in [0, 0.05) is 6.42 Å². The number of benzene rings is 4. The molecule has 0 amide bonds. The fraction of sp³-hybridized carbons (Fsp3) is 0.138. The van der Waals surface area contributed by atoms with Crippen LogP contribution in [-0.2, 0) is 11.2 Å². The maximum atomic E-state index is 11.1. The van der Waals surface area contributed by atoms with Crippen LogP contribution in [0.5, 0.6) is 5.75 Å². The van der Waals surface area contributed by atoms with Gasteiger partial charge in [0.15, 0.2) is 6.61 Å². The molecule has 0 aliphatic rings. The van der Waals surface area contributed by atoms with Gasteiger partial charge in [-0.1, -0.05) is 84.4 Å². The van der Waals surface area contributed by atoms with Crippen LogP contribution in [0.15, 0.2) is 90.5 Å². The lowest BCUT2D eigenvalue weighted by Gasteiger charge is -2.15. The van der Waals surface area contributed by atoms with Gasteiger partial charge in [-0.15, -0.1) is 0 Å². The average molecular weight is 423 g/mol. The highest BCUT2D eigenvalue weighted by atomic mass is 16.5. The molecule has 4 aromatic carbocycles. The van der Waals surface area contributed by atoms with E-state index in [2.05, 4.69) is 68.5 Å². The number of hydrogen-bond acceptors (Lipinski definition) is 2. The molecule has 0 heterocycles. The van der Waals surface area contributed by atoms with Gasteiger partial charge in [0.2, 0.25) is 0 Å². The minimum Gasteiger partial charge on any atom is -0.482 e. The second-order valence-corrected chi connectivity index (χ2v) is 8.13. The van der Waals surface area contributed by atoms with Gasteiger partial charge in [-0.05, 0) is 64.6 Å². The highest BCUT2D eigenvalue weighted by Gasteiger charge is 2.12. The van der Waals surface area contributed by atoms with Crippen LogP contribution in [0.2, 0.25) is 0 Å². The number of ether oxygens (including phenoxy) is 1. The van der Waals surface area contributed by atoms with Crippen LogP contribution in [-0.4, -0.2) is 17.7 Å². The molecule has 0 aliphatic heterocycles. The molecule has 3 heteroatoms. The zero-order valence-electron chi connectivity index (χ0n) is 18.3. The molecule has 0 saturated heterocycles. The van der Waals surface area contributed by atoms with E-state index in [4.69, 9.17) is 9.84 Å². The molecule has 3 nitrogen and oxygen atoms in total. The van der Waals surface area contributed by atoms with E-state index >= 15 is 0 Å². The molecule has 0 radical (unpaired) electrons. The van der Waals surface area contributed by atoms with Crippen molar-refractivity contribution in [2.45, 2.75) is 20.3 Å². The van der Waals surface area contributed by atoms with E-state index in [0.717, 1.165) is 22.3 Å². The number of carboxylic acid groups (broad SMARTS) is 1. The molecule has 4 aromatic rings. The van der Waals surface area contributed by atoms with Gasteiger partial charge in [-0.3, -0.25) is 0 Å². The van der Waals surface area contributed by atoms with Crippen molar-refractivity contribution in [3.05, 3.63) is 107 Å². The third kappa shape index (κ3) is 4.89. The molecule has 0 saturated carbocycles. The Labute approximate surface area is 188 Å². The summed E-state index contributed by atoms with van der Waals surface area (Å²) in [6.45, 7) is 3.81. The molecule has 0 atom stereocenters. The SMILES string of the molecule is CC(C)=Cc1ccccc1-c1ccc(OCC(=O)O)c(Cc2cccc3ccccc23)c1. The largest absolute Gasteiger partial charge is 0.482 e. The third-order valence-corrected chi connectivity index (χ3v) is 5.39. The van der Waals surface area contributed by atoms with Gasteiger partial charge < -0.3 is 9.84 Å². The van der Waals surface area contributed by atoms with E-state index < -0.39 is 5.97 Å². The van der Waals surface area contributed by atoms with E-state index in [1.54, 1.807) is 0 Å². The summed E-state index contributed by atoms with van der Waals surface area (Å²) in [5.41, 5.74) is 6.75. The Hall–Kier alpha value is -3.85. The molecule has 1 N–H and O–H groups in total. The van der Waals surface area contributed by atoms with Crippen LogP contribution in [0.1, 0.15) is 30.5 Å². The number of aliphatic carboxylic acids is 1. The maximum absolute atomic E-state index is 11.1. The lowest BCUT2D eigenvalue weighted by atomic mass is 9.93. The second-order valence-electron chi connectivity index (χ2n) is 8.13. The van der Waals surface area contributed by atoms with E-state index in [0.29, 0.717) is 12.2 Å². The standard InChI is InChI=1S/C29H26O3/c1-20(2)16-22-9-4-6-13-27(22)24-14-15-28(32-19-29(30)31)25(18-24)17-23-11-7-10-21-8-3-5-12-26(21)23/h3-16,18H,17,19H2,1-2H3,(H,30,31). The fourth-order valence-electron chi connectivity index (χ4n) is 4.01. The Kier molecular flexibility index (Phi) is 6.37. The number of fused-ring (bicyclic) bond motifs is 1. The quantitative estimate of drug-likeness (QED) is 0.349. The van der Waals surface area contributed by atoms with Crippen LogP contribution in [0.4, 0.5) is 0 Å². The Morgan fingerprint density at radius 2 is 1.62 bits per heavy atom. The summed E-state index contributed by atoms with van der Waals surface area (Å²) in [5.74, 6) is -0.386. The summed E-state index contributed by atoms with van der Waals surface area (Å²) in [5, 5.41) is 11.5. The Bertz CT molecular complexity index is 1290. The van der Waals surface area contributed by atoms with E-state index in [-0.39, 0.29) is 6.61 Å². The van der Waals surface area contributed by atoms with Crippen LogP contribution in [0, 0.1) is 0 Å². The van der Waals surface area contributed by atoms with Crippen molar-refractivity contribution in [1.82, 2.24) is 0 Å². The summed E-state index contributed by atoms with van der Waals surface area (Å²) < 4.78 is 5.66. The summed E-state index contributed by atoms with van der Waals surface area (Å²) in [4.78, 5) is 11.1. The summed E-state index contributed by atoms with van der Waals surface area (Å²) in [6, 6.07) is 28.9. The van der Waals surface area contributed by atoms with Crippen molar-refractivity contribution >= 4 is 22.8 Å². The molecule has 0 unspecified atom stereocenters. The molecule has 160 valence electrons. The van der Waals surface area contributed by atoms with Crippen LogP contribution in [0.25, 0.3) is 28.0 Å². The Balaban J connectivity index is 1.81. The average Bonchev–Trinajstić information content (AvgIpc) is 2.78. The molecule has 0 bridgehead atoms. The molecule has 0 aliphatic carbocycles. The first-order valence-electron chi connectivity index (χ1n) is 10.7. The van der Waals surface area contributed by atoms with E-state index in [1.807, 2.05) is 36.4 Å². The highest BCUT2D eigenvalue weighted by Crippen LogP contribution is 2.32. The van der Waals surface area contributed by atoms with Gasteiger partial charge in [0.05, 0.1) is 0 Å². The van der Waals surface area contributed by atoms with Crippen molar-refractivity contribution in [3.8, 4) is 16.9 Å². The topological polar surface area (TPSA) is 46.5 Å². The smallest absolute Gasteiger partial charge is 0.341 e. The van der Waals surface area contributed by atoms with Crippen molar-refractivity contribution in [1.29, 1.82) is 0 Å². The number of carboxylic acids is 1. The third-order valence-electron chi connectivity index (χ3n) is 5.39. The predicted octanol–water partition coefficient (Wildman–Crippen LogP) is 6.98. The van der Waals surface area contributed by atoms with Gasteiger partial charge in [-0.25, -0.2) is 4.79 Å². The summed E-state index contributed by atoms with van der Waals surface area (Å²) in [7, 11) is 0. The van der Waals surface area contributed by atoms with Crippen LogP contribution < -0.4 is 4.74 Å². The maximum Gasteiger partial charge on any atom is 0.341 e. The Morgan fingerprint density at radius 1 is 0.875 bits per heavy atom. The van der Waals surface area contributed by atoms with E-state index in [1.165, 1.54) is 21.9 Å². The lowest BCUT2D eigenvalue weighted by molar-refractivity contribution is -0.139. The molecule has 32 heavy (non-hydrogen) atoms. The zero-order valence-corrected chi connectivity index (χ0v) is 18.3. The Morgan fingerprint density at radius 3 is 2.44 bits per heavy atom. The van der Waals surface area contributed by atoms with Crippen molar-refractivity contribution in [3.63, 3.8) is 0 Å². The van der Waals surface area contributed by atoms with Crippen molar-refractivity contribution in [2.75, 3.05) is 6.61 Å². The first kappa shape index (κ1) is 21.4. The second kappa shape index (κ2) is 9.52. The molecular formula is C29H26O3. The normalized spacial score (nSPS) is 10.7. The molecule has 0 spiro atoms. The van der Waals surface area contributed by atoms with Crippen molar-refractivity contribution in [2.24, 2.45) is 0 Å². The predicted molar refractivity (Wildman–Crippen MR) is 131 cm³/mol. The number of allylic oxidation sites excluding steroid dienone is 1. The number of rotatable bonds is 7. The van der Waals surface area contributed by atoms with Gasteiger partial charge in [0.25, 0.3) is 0 Å². The lowest BCUT2D eigenvalue weighted by Crippen LogP contribution is -2.10. The first-order chi connectivity index (χ1) is 15.5. The molecule has 0 aromatic heterocycles. The van der Waals surface area contributed by atoms with Gasteiger partial charge in [0.1, 0.15) is 5.75 Å². The molecular weight excluding hydrogens is 396 g/mol. The van der Waals surface area contributed by atoms with E-state index in [9.17, 15) is 4.79 Å². The highest BCUT2D eigenvalue weighted by molar-refractivity contribution is 5.86. The minimum atomic E-state index is -0.987. The summed E-state index contributed by atoms with van der Waals surface area (Å²) >= 11 is 0. The van der Waals surface area contributed by atoms with Crippen molar-refractivity contribution < 1.29 is 14.6 Å². The zero-order chi connectivity index (χ0) is 22.5. The van der Waals surface area contributed by atoms with Crippen LogP contribution >= 0.6 is 0 Å². The van der Waals surface area contributed by atoms with Crippen LogP contribution in [0.3, 0.4) is 0 Å². The van der Waals surface area contributed by atoms with Gasteiger partial charge >= 0.3 is 5.97 Å². The van der Waals surface area contributed by atoms with Gasteiger partial charge in [-0.2, -0.15) is 0 Å². The summed E-state index contributed by atoms with van der Waals surface area (Å²) in [6.07, 6.45) is 2.82. The fourth-order valence-corrected chi connectivity index (χ4v) is 4.01. The first-order valence-corrected chi connectivity index (χ1v) is 10.7. The monoisotopic (exact) mass is 422 g/mol. The number of carbonyl (C=O) groups is 1.